The van der Waals surface area contributed by atoms with E-state index in [0.29, 0.717) is 19.4 Å². The molecule has 0 aromatic carbocycles. The van der Waals surface area contributed by atoms with Crippen LogP contribution < -0.4 is 16.0 Å². The highest BCUT2D eigenvalue weighted by Gasteiger charge is 2.29. The molecule has 7 nitrogen and oxygen atoms in total. The maximum atomic E-state index is 11.6. The molecule has 2 rings (SSSR count). The second kappa shape index (κ2) is 6.23. The van der Waals surface area contributed by atoms with Gasteiger partial charge in [-0.25, -0.2) is 4.79 Å². The van der Waals surface area contributed by atoms with Crippen LogP contribution in [0.5, 0.6) is 0 Å². The predicted molar refractivity (Wildman–Crippen MR) is 69.9 cm³/mol. The van der Waals surface area contributed by atoms with Gasteiger partial charge in [0.1, 0.15) is 17.6 Å². The van der Waals surface area contributed by atoms with Crippen molar-refractivity contribution in [3.63, 3.8) is 0 Å². The highest BCUT2D eigenvalue weighted by Crippen LogP contribution is 2.06. The fraction of sp³-hybridized carbons (Fsp3) is 0.462. The fourth-order valence-electron chi connectivity index (χ4n) is 1.97. The van der Waals surface area contributed by atoms with Crippen molar-refractivity contribution < 1.29 is 18.8 Å². The molecule has 0 radical (unpaired) electrons. The Bertz CT molecular complexity index is 523. The summed E-state index contributed by atoms with van der Waals surface area (Å²) in [5, 5.41) is 7.32. The van der Waals surface area contributed by atoms with Gasteiger partial charge in [0.2, 0.25) is 5.91 Å². The van der Waals surface area contributed by atoms with E-state index in [1.807, 2.05) is 19.1 Å². The maximum Gasteiger partial charge on any atom is 0.322 e. The Labute approximate surface area is 116 Å². The van der Waals surface area contributed by atoms with Gasteiger partial charge >= 0.3 is 6.03 Å². The number of carbonyl (C=O) groups is 3. The summed E-state index contributed by atoms with van der Waals surface area (Å²) in [4.78, 5) is 33.7. The normalized spacial score (nSPS) is 17.8. The number of carbonyl (C=O) groups excluding carboxylic acids is 3. The highest BCUT2D eigenvalue weighted by molar-refractivity contribution is 6.04. The zero-order valence-electron chi connectivity index (χ0n) is 11.2. The molecule has 0 unspecified atom stereocenters. The first-order valence-corrected chi connectivity index (χ1v) is 6.48. The van der Waals surface area contributed by atoms with Gasteiger partial charge in [-0.15, -0.1) is 0 Å². The summed E-state index contributed by atoms with van der Waals surface area (Å²) in [6, 6.07) is 2.63. The Kier molecular flexibility index (Phi) is 4.39. The molecule has 0 aliphatic carbocycles. The molecular weight excluding hydrogens is 262 g/mol. The molecule has 3 N–H and O–H groups in total. The average Bonchev–Trinajstić information content (AvgIpc) is 2.93. The van der Waals surface area contributed by atoms with Gasteiger partial charge in [0, 0.05) is 19.4 Å². The molecule has 0 saturated carbocycles. The smallest absolute Gasteiger partial charge is 0.322 e. The van der Waals surface area contributed by atoms with Crippen LogP contribution in [0.1, 0.15) is 24.4 Å². The molecule has 20 heavy (non-hydrogen) atoms. The molecule has 7 heteroatoms. The van der Waals surface area contributed by atoms with E-state index in [4.69, 9.17) is 4.42 Å². The third kappa shape index (κ3) is 3.84. The second-order valence-corrected chi connectivity index (χ2v) is 4.67. The lowest BCUT2D eigenvalue weighted by Crippen LogP contribution is -2.32. The van der Waals surface area contributed by atoms with E-state index in [-0.39, 0.29) is 18.2 Å². The molecule has 1 aliphatic heterocycles. The maximum absolute atomic E-state index is 11.6. The molecule has 0 spiro atoms. The Morgan fingerprint density at radius 3 is 2.80 bits per heavy atom. The van der Waals surface area contributed by atoms with Gasteiger partial charge in [-0.1, -0.05) is 0 Å². The molecule has 1 aromatic heterocycles. The summed E-state index contributed by atoms with van der Waals surface area (Å²) in [5.74, 6) is 1.13. The summed E-state index contributed by atoms with van der Waals surface area (Å²) in [6.45, 7) is 2.35. The van der Waals surface area contributed by atoms with E-state index in [2.05, 4.69) is 16.0 Å². The Balaban J connectivity index is 1.63. The summed E-state index contributed by atoms with van der Waals surface area (Å²) in [6.07, 6.45) is 1.11. The summed E-state index contributed by atoms with van der Waals surface area (Å²) < 4.78 is 5.38. The van der Waals surface area contributed by atoms with Gasteiger partial charge < -0.3 is 15.1 Å². The second-order valence-electron chi connectivity index (χ2n) is 4.67. The van der Waals surface area contributed by atoms with Gasteiger partial charge in [-0.3, -0.25) is 14.9 Å². The van der Waals surface area contributed by atoms with Crippen LogP contribution in [0.25, 0.3) is 0 Å². The zero-order valence-corrected chi connectivity index (χ0v) is 11.2. The first-order chi connectivity index (χ1) is 9.54. The van der Waals surface area contributed by atoms with Crippen molar-refractivity contribution in [1.29, 1.82) is 0 Å². The number of imide groups is 1. The number of nitrogens with one attached hydrogen (secondary N) is 3. The van der Waals surface area contributed by atoms with E-state index in [1.165, 1.54) is 0 Å². The Morgan fingerprint density at radius 2 is 2.20 bits per heavy atom. The molecule has 0 bridgehead atoms. The minimum Gasteiger partial charge on any atom is -0.466 e. The zero-order chi connectivity index (χ0) is 14.5. The number of aryl methyl sites for hydroxylation is 1. The minimum absolute atomic E-state index is 0.151. The number of furan rings is 1. The third-order valence-electron chi connectivity index (χ3n) is 3.01. The standard InChI is InChI=1S/C13H17N3O4/c1-8-2-3-9(20-8)6-7-14-11(17)5-4-10-12(18)16-13(19)15-10/h2-3,10H,4-7H2,1H3,(H,14,17)(H2,15,16,18,19)/t10-/m0/s1. The number of hydrogen-bond acceptors (Lipinski definition) is 4. The topological polar surface area (TPSA) is 100 Å². The number of rotatable bonds is 6. The van der Waals surface area contributed by atoms with Crippen molar-refractivity contribution in [2.45, 2.75) is 32.2 Å². The predicted octanol–water partition coefficient (Wildman–Crippen LogP) is 0.235. The van der Waals surface area contributed by atoms with Gasteiger partial charge in [-0.2, -0.15) is 0 Å². The third-order valence-corrected chi connectivity index (χ3v) is 3.01. The van der Waals surface area contributed by atoms with Crippen LogP contribution in [-0.4, -0.2) is 30.4 Å². The molecule has 1 aromatic rings. The summed E-state index contributed by atoms with van der Waals surface area (Å²) >= 11 is 0. The summed E-state index contributed by atoms with van der Waals surface area (Å²) in [7, 11) is 0. The fourth-order valence-corrected chi connectivity index (χ4v) is 1.97. The van der Waals surface area contributed by atoms with E-state index < -0.39 is 12.1 Å². The molecule has 1 aliphatic rings. The lowest BCUT2D eigenvalue weighted by atomic mass is 10.1. The molecular formula is C13H17N3O4. The van der Waals surface area contributed by atoms with E-state index in [9.17, 15) is 14.4 Å². The van der Waals surface area contributed by atoms with Crippen LogP contribution in [-0.2, 0) is 16.0 Å². The molecule has 1 saturated heterocycles. The lowest BCUT2D eigenvalue weighted by molar-refractivity contribution is -0.122. The van der Waals surface area contributed by atoms with Crippen LogP contribution in [0.3, 0.4) is 0 Å². The van der Waals surface area contributed by atoms with Crippen LogP contribution in [0, 0.1) is 6.92 Å². The molecule has 1 fully saturated rings. The molecule has 4 amide bonds. The van der Waals surface area contributed by atoms with Crippen molar-refractivity contribution in [3.8, 4) is 0 Å². The molecule has 2 heterocycles. The first kappa shape index (κ1) is 14.1. The first-order valence-electron chi connectivity index (χ1n) is 6.48. The number of amides is 4. The van der Waals surface area contributed by atoms with Crippen LogP contribution in [0.2, 0.25) is 0 Å². The molecule has 108 valence electrons. The number of urea groups is 1. The summed E-state index contributed by atoms with van der Waals surface area (Å²) in [5.41, 5.74) is 0. The van der Waals surface area contributed by atoms with E-state index >= 15 is 0 Å². The van der Waals surface area contributed by atoms with Crippen molar-refractivity contribution in [3.05, 3.63) is 23.7 Å². The molecule has 1 atom stereocenters. The van der Waals surface area contributed by atoms with E-state index in [1.54, 1.807) is 0 Å². The Hall–Kier alpha value is -2.31. The van der Waals surface area contributed by atoms with Crippen molar-refractivity contribution in [1.82, 2.24) is 16.0 Å². The van der Waals surface area contributed by atoms with Crippen LogP contribution in [0.15, 0.2) is 16.5 Å². The quantitative estimate of drug-likeness (QED) is 0.649. The van der Waals surface area contributed by atoms with Gasteiger partial charge in [0.15, 0.2) is 0 Å². The van der Waals surface area contributed by atoms with Crippen molar-refractivity contribution in [2.24, 2.45) is 0 Å². The Morgan fingerprint density at radius 1 is 1.40 bits per heavy atom. The van der Waals surface area contributed by atoms with Crippen LogP contribution in [0.4, 0.5) is 4.79 Å². The lowest BCUT2D eigenvalue weighted by Gasteiger charge is -2.07. The minimum atomic E-state index is -0.610. The van der Waals surface area contributed by atoms with Gasteiger partial charge in [0.25, 0.3) is 5.91 Å². The van der Waals surface area contributed by atoms with E-state index in [0.717, 1.165) is 11.5 Å². The van der Waals surface area contributed by atoms with Crippen LogP contribution >= 0.6 is 0 Å². The largest absolute Gasteiger partial charge is 0.466 e. The van der Waals surface area contributed by atoms with Gasteiger partial charge in [-0.05, 0) is 25.5 Å². The monoisotopic (exact) mass is 279 g/mol. The van der Waals surface area contributed by atoms with Crippen molar-refractivity contribution >= 4 is 17.8 Å². The highest BCUT2D eigenvalue weighted by atomic mass is 16.3. The SMILES string of the molecule is Cc1ccc(CCNC(=O)CC[C@@H]2NC(=O)NC2=O)o1. The van der Waals surface area contributed by atoms with Gasteiger partial charge in [0.05, 0.1) is 0 Å². The number of hydrogen-bond donors (Lipinski definition) is 3. The average molecular weight is 279 g/mol. The van der Waals surface area contributed by atoms with Crippen molar-refractivity contribution in [2.75, 3.05) is 6.54 Å².